The van der Waals surface area contributed by atoms with Gasteiger partial charge in [0.2, 0.25) is 11.8 Å². The first-order valence-electron chi connectivity index (χ1n) is 21.1. The SMILES string of the molecule is CNC(=O)/C(=N/OC)c1ccccc1COc1ncc(C(O)c2ccccc2)cc1Cl.CNC(=O)/C(=N/OC)c1ccccc1COc1ncc(C(OC(C)=O)c2ccccc2)cc1Cl.COC.[C-]#[O+].[C-]#[O+]. The molecule has 2 heterocycles. The topological polar surface area (TPSA) is 241 Å². The van der Waals surface area contributed by atoms with Gasteiger partial charge in [-0.05, 0) is 34.4 Å². The number of pyridine rings is 2. The number of rotatable bonds is 17. The first kappa shape index (κ1) is 60.2. The second kappa shape index (κ2) is 33.6. The summed E-state index contributed by atoms with van der Waals surface area (Å²) in [5.41, 5.74) is 5.44. The monoisotopic (exact) mass is 1020 g/mol. The molecule has 376 valence electrons. The van der Waals surface area contributed by atoms with Crippen molar-refractivity contribution in [2.45, 2.75) is 32.3 Å². The number of carbonyl (C=O) groups is 3. The zero-order valence-electron chi connectivity index (χ0n) is 40.3. The number of hydrogen-bond acceptors (Lipinski definition) is 14. The molecule has 0 saturated heterocycles. The van der Waals surface area contributed by atoms with Gasteiger partial charge < -0.3 is 44.4 Å². The molecule has 2 unspecified atom stereocenters. The fraction of sp³-hybridized carbons (Fsp3) is 0.212. The predicted octanol–water partition coefficient (Wildman–Crippen LogP) is 7.74. The van der Waals surface area contributed by atoms with Gasteiger partial charge in [-0.3, -0.25) is 14.4 Å². The number of likely N-dealkylation sites (N-methyl/N-ethyl adjacent to an activating group) is 2. The number of nitrogens with zero attached hydrogens (tertiary/aromatic N) is 4. The standard InChI is InChI=1S/C25H24ClN3O5.C23H22ClN3O4.C2H6O.2CO/c1-16(30)34-23(17-9-5-4-6-10-17)19-13-21(26)25(28-14-19)33-15-18-11-7-8-12-20(18)22(29-32-3)24(31)27-2;1-25-22(29)20(27-30-2)18-11-7-6-10-16(18)14-31-23-19(24)12-17(13-26-23)21(28)15-8-4-3-5-9-15;1-3-2;2*1-2/h4-14,23H,15H2,1-3H3,(H,27,31);3-13,21,28H,14H2,1-2H3,(H,25,29);1-2H3;;/b29-22+;27-20+;;;. The van der Waals surface area contributed by atoms with Crippen molar-refractivity contribution in [2.75, 3.05) is 42.5 Å². The molecule has 0 aliphatic heterocycles. The van der Waals surface area contributed by atoms with Crippen LogP contribution in [-0.2, 0) is 56.1 Å². The molecule has 2 aromatic heterocycles. The minimum absolute atomic E-state index is 0.0774. The van der Waals surface area contributed by atoms with Crippen LogP contribution in [0.15, 0.2) is 144 Å². The molecule has 2 atom stereocenters. The van der Waals surface area contributed by atoms with Crippen LogP contribution in [0.5, 0.6) is 11.8 Å². The third-order valence-electron chi connectivity index (χ3n) is 9.30. The molecule has 72 heavy (non-hydrogen) atoms. The maximum atomic E-state index is 12.2. The quantitative estimate of drug-likeness (QED) is 0.0261. The Labute approximate surface area is 427 Å². The van der Waals surface area contributed by atoms with Gasteiger partial charge >= 0.3 is 28.6 Å². The molecular weight excluding hydrogens is 972 g/mol. The van der Waals surface area contributed by atoms with Crippen LogP contribution >= 0.6 is 23.2 Å². The van der Waals surface area contributed by atoms with E-state index in [4.69, 9.17) is 56.4 Å². The Balaban J connectivity index is 0.000000440. The first-order valence-corrected chi connectivity index (χ1v) is 21.8. The van der Waals surface area contributed by atoms with Crippen molar-refractivity contribution >= 4 is 52.4 Å². The third kappa shape index (κ3) is 18.5. The first-order chi connectivity index (χ1) is 34.9. The van der Waals surface area contributed by atoms with Crippen molar-refractivity contribution in [3.63, 3.8) is 0 Å². The van der Waals surface area contributed by atoms with E-state index in [-0.39, 0.29) is 52.3 Å². The number of ether oxygens (including phenoxy) is 4. The van der Waals surface area contributed by atoms with Crippen LogP contribution in [0.4, 0.5) is 0 Å². The summed E-state index contributed by atoms with van der Waals surface area (Å²) in [5.74, 6) is -0.797. The van der Waals surface area contributed by atoms with Crippen molar-refractivity contribution in [1.82, 2.24) is 20.6 Å². The van der Waals surface area contributed by atoms with Gasteiger partial charge in [0.25, 0.3) is 11.8 Å². The molecule has 6 aromatic rings. The summed E-state index contributed by atoms with van der Waals surface area (Å²) >= 11 is 12.8. The van der Waals surface area contributed by atoms with E-state index in [2.05, 4.69) is 49.0 Å². The van der Waals surface area contributed by atoms with Crippen LogP contribution in [0.2, 0.25) is 10.0 Å². The molecule has 0 bridgehead atoms. The number of hydrogen-bond donors (Lipinski definition) is 3. The fourth-order valence-corrected chi connectivity index (χ4v) is 6.69. The Bertz CT molecular complexity index is 2740. The summed E-state index contributed by atoms with van der Waals surface area (Å²) in [6.07, 6.45) is 1.57. The van der Waals surface area contributed by atoms with Gasteiger partial charge in [0, 0.05) is 69.9 Å². The van der Waals surface area contributed by atoms with E-state index in [1.54, 1.807) is 62.9 Å². The van der Waals surface area contributed by atoms with Gasteiger partial charge in [-0.15, -0.1) is 0 Å². The van der Waals surface area contributed by atoms with Crippen LogP contribution in [0.25, 0.3) is 0 Å². The molecule has 6 rings (SSSR count). The van der Waals surface area contributed by atoms with E-state index < -0.39 is 24.1 Å². The summed E-state index contributed by atoms with van der Waals surface area (Å²) in [7, 11) is 9.02. The number of benzene rings is 4. The fourth-order valence-electron chi connectivity index (χ4n) is 6.23. The normalized spacial score (nSPS) is 11.2. The van der Waals surface area contributed by atoms with E-state index in [1.165, 1.54) is 41.4 Å². The number of aromatic nitrogens is 2. The third-order valence-corrected chi connectivity index (χ3v) is 9.84. The zero-order chi connectivity index (χ0) is 53.4. The van der Waals surface area contributed by atoms with Crippen LogP contribution in [0.1, 0.15) is 63.6 Å². The Kier molecular flexibility index (Phi) is 28.1. The Morgan fingerprint density at radius 3 is 1.38 bits per heavy atom. The van der Waals surface area contributed by atoms with Crippen LogP contribution in [-0.4, -0.2) is 86.8 Å². The summed E-state index contributed by atoms with van der Waals surface area (Å²) in [5, 5.41) is 23.8. The molecule has 0 spiro atoms. The molecule has 3 N–H and O–H groups in total. The molecule has 0 aliphatic rings. The number of methoxy groups -OCH3 is 1. The Morgan fingerprint density at radius 1 is 0.611 bits per heavy atom. The second-order valence-corrected chi connectivity index (χ2v) is 14.8. The van der Waals surface area contributed by atoms with Gasteiger partial charge in [-0.25, -0.2) is 9.97 Å². The number of carbonyl (C=O) groups excluding carboxylic acids is 3. The number of aliphatic hydroxyl groups excluding tert-OH is 1. The van der Waals surface area contributed by atoms with Gasteiger partial charge in [0.15, 0.2) is 17.5 Å². The van der Waals surface area contributed by atoms with E-state index >= 15 is 0 Å². The number of esters is 1. The number of nitrogens with one attached hydrogen (secondary N) is 2. The van der Waals surface area contributed by atoms with Gasteiger partial charge in [-0.1, -0.05) is 143 Å². The number of aliphatic hydroxyl groups is 1. The molecule has 0 aliphatic carbocycles. The summed E-state index contributed by atoms with van der Waals surface area (Å²) in [4.78, 5) is 54.3. The second-order valence-electron chi connectivity index (χ2n) is 14.0. The van der Waals surface area contributed by atoms with Crippen molar-refractivity contribution < 1.29 is 57.4 Å². The van der Waals surface area contributed by atoms with Crippen LogP contribution in [0, 0.1) is 13.3 Å². The molecule has 4 aromatic carbocycles. The molecule has 0 radical (unpaired) electrons. The summed E-state index contributed by atoms with van der Waals surface area (Å²) in [6, 6.07) is 36.1. The van der Waals surface area contributed by atoms with E-state index in [0.29, 0.717) is 33.4 Å². The van der Waals surface area contributed by atoms with E-state index in [9.17, 15) is 19.5 Å². The van der Waals surface area contributed by atoms with Gasteiger partial charge in [0.05, 0.1) is 0 Å². The average Bonchev–Trinajstić information content (AvgIpc) is 3.42. The molecule has 0 fully saturated rings. The van der Waals surface area contributed by atoms with Crippen LogP contribution in [0.3, 0.4) is 0 Å². The van der Waals surface area contributed by atoms with Crippen LogP contribution < -0.4 is 20.1 Å². The van der Waals surface area contributed by atoms with Crippen molar-refractivity contribution in [1.29, 1.82) is 0 Å². The number of halogens is 2. The van der Waals surface area contributed by atoms with E-state index in [1.807, 2.05) is 78.9 Å². The molecule has 2 amide bonds. The average molecular weight is 1020 g/mol. The van der Waals surface area contributed by atoms with Crippen molar-refractivity contribution in [2.24, 2.45) is 10.3 Å². The Hall–Kier alpha value is -7.89. The molecule has 0 saturated carbocycles. The van der Waals surface area contributed by atoms with Gasteiger partial charge in [0.1, 0.15) is 43.6 Å². The number of oxime groups is 2. The van der Waals surface area contributed by atoms with E-state index in [0.717, 1.165) is 11.1 Å². The maximum absolute atomic E-state index is 12.2. The minimum atomic E-state index is -0.846. The predicted molar refractivity (Wildman–Crippen MR) is 267 cm³/mol. The number of amides is 2. The molecule has 20 heteroatoms. The van der Waals surface area contributed by atoms with Crippen molar-refractivity contribution in [3.8, 4) is 11.8 Å². The Morgan fingerprint density at radius 2 is 0.986 bits per heavy atom. The molecule has 18 nitrogen and oxygen atoms in total. The zero-order valence-corrected chi connectivity index (χ0v) is 41.8. The van der Waals surface area contributed by atoms with Gasteiger partial charge in [-0.2, -0.15) is 0 Å². The summed E-state index contributed by atoms with van der Waals surface area (Å²) in [6.45, 7) is 10.5. The summed E-state index contributed by atoms with van der Waals surface area (Å²) < 4.78 is 36.4. The van der Waals surface area contributed by atoms with Crippen molar-refractivity contribution in [3.05, 3.63) is 202 Å². The molecular formula is C52H52Cl2N6O12.